The van der Waals surface area contributed by atoms with Gasteiger partial charge in [0, 0.05) is 0 Å². The van der Waals surface area contributed by atoms with Gasteiger partial charge in [-0.15, -0.1) is 0 Å². The Morgan fingerprint density at radius 3 is 2.77 bits per heavy atom. The van der Waals surface area contributed by atoms with Crippen LogP contribution < -0.4 is 9.47 Å². The topological polar surface area (TPSA) is 83.4 Å². The molecule has 1 aliphatic heterocycles. The first-order valence-electron chi connectivity index (χ1n) is 8.86. The van der Waals surface area contributed by atoms with E-state index in [1.54, 1.807) is 19.1 Å². The van der Waals surface area contributed by atoms with E-state index in [2.05, 4.69) is 4.99 Å². The van der Waals surface area contributed by atoms with Crippen molar-refractivity contribution in [1.82, 2.24) is 0 Å². The van der Waals surface area contributed by atoms with Crippen LogP contribution in [-0.2, 0) is 19.1 Å². The van der Waals surface area contributed by atoms with Crippen molar-refractivity contribution in [3.8, 4) is 11.5 Å². The second-order valence-corrected chi connectivity index (χ2v) is 6.35. The molecule has 0 aliphatic carbocycles. The molecule has 3 rings (SSSR count). The van der Waals surface area contributed by atoms with E-state index in [-0.39, 0.29) is 46.9 Å². The first-order chi connectivity index (χ1) is 14.4. The molecule has 7 nitrogen and oxygen atoms in total. The van der Waals surface area contributed by atoms with E-state index >= 15 is 0 Å². The average Bonchev–Trinajstić information content (AvgIpc) is 3.07. The average molecular weight is 434 g/mol. The summed E-state index contributed by atoms with van der Waals surface area (Å²) in [6.07, 6.45) is 1.42. The van der Waals surface area contributed by atoms with E-state index in [1.165, 1.54) is 37.5 Å². The number of esters is 2. The first kappa shape index (κ1) is 21.3. The zero-order valence-corrected chi connectivity index (χ0v) is 16.9. The van der Waals surface area contributed by atoms with E-state index < -0.39 is 17.8 Å². The van der Waals surface area contributed by atoms with E-state index in [4.69, 9.17) is 30.5 Å². The summed E-state index contributed by atoms with van der Waals surface area (Å²) in [7, 11) is 1.40. The van der Waals surface area contributed by atoms with Gasteiger partial charge in [-0.3, -0.25) is 0 Å². The van der Waals surface area contributed by atoms with E-state index in [0.29, 0.717) is 5.56 Å². The maximum absolute atomic E-state index is 13.9. The van der Waals surface area contributed by atoms with E-state index in [1.807, 2.05) is 0 Å². The van der Waals surface area contributed by atoms with Gasteiger partial charge in [-0.05, 0) is 42.8 Å². The molecular weight excluding hydrogens is 417 g/mol. The lowest BCUT2D eigenvalue weighted by Gasteiger charge is -2.12. The van der Waals surface area contributed by atoms with Gasteiger partial charge in [-0.1, -0.05) is 23.7 Å². The predicted molar refractivity (Wildman–Crippen MR) is 107 cm³/mol. The van der Waals surface area contributed by atoms with Gasteiger partial charge < -0.3 is 18.9 Å². The monoisotopic (exact) mass is 433 g/mol. The number of methoxy groups -OCH3 is 1. The Morgan fingerprint density at radius 2 is 2.07 bits per heavy atom. The van der Waals surface area contributed by atoms with E-state index in [9.17, 15) is 14.0 Å². The molecule has 2 aromatic rings. The summed E-state index contributed by atoms with van der Waals surface area (Å²) >= 11 is 6.25. The number of aliphatic imine (C=N–C) groups is 1. The Morgan fingerprint density at radius 1 is 1.30 bits per heavy atom. The number of ether oxygens (including phenoxy) is 4. The van der Waals surface area contributed by atoms with Gasteiger partial charge in [0.2, 0.25) is 5.90 Å². The SMILES string of the molecule is CCOC(=O)COc1c(Cl)cc(/C=C2/N=C(c3ccccc3F)OC2=O)cc1OC. The molecular formula is C21H17ClFNO6. The van der Waals surface area contributed by atoms with Crippen molar-refractivity contribution < 1.29 is 32.9 Å². The Hall–Kier alpha value is -3.39. The van der Waals surface area contributed by atoms with Crippen LogP contribution >= 0.6 is 11.6 Å². The van der Waals surface area contributed by atoms with Gasteiger partial charge in [-0.2, -0.15) is 0 Å². The Balaban J connectivity index is 1.88. The van der Waals surface area contributed by atoms with Crippen LogP contribution in [-0.4, -0.2) is 38.2 Å². The van der Waals surface area contributed by atoms with Gasteiger partial charge in [0.1, 0.15) is 5.82 Å². The Bertz CT molecular complexity index is 1050. The summed E-state index contributed by atoms with van der Waals surface area (Å²) in [5, 5.41) is 0.148. The lowest BCUT2D eigenvalue weighted by molar-refractivity contribution is -0.145. The molecule has 0 unspecified atom stereocenters. The predicted octanol–water partition coefficient (Wildman–Crippen LogP) is 3.77. The molecule has 0 saturated heterocycles. The van der Waals surface area contributed by atoms with Crippen molar-refractivity contribution >= 4 is 35.5 Å². The Labute approximate surface area is 176 Å². The number of carbonyl (C=O) groups is 2. The van der Waals surface area contributed by atoms with Crippen molar-refractivity contribution in [3.63, 3.8) is 0 Å². The number of benzene rings is 2. The lowest BCUT2D eigenvalue weighted by atomic mass is 10.1. The van der Waals surface area contributed by atoms with Crippen LogP contribution in [0, 0.1) is 5.82 Å². The molecule has 0 N–H and O–H groups in total. The fourth-order valence-corrected chi connectivity index (χ4v) is 2.89. The smallest absolute Gasteiger partial charge is 0.363 e. The number of nitrogens with zero attached hydrogens (tertiary/aromatic N) is 1. The molecule has 0 atom stereocenters. The maximum Gasteiger partial charge on any atom is 0.363 e. The zero-order chi connectivity index (χ0) is 21.7. The van der Waals surface area contributed by atoms with Gasteiger partial charge >= 0.3 is 11.9 Å². The van der Waals surface area contributed by atoms with Crippen LogP contribution in [0.3, 0.4) is 0 Å². The maximum atomic E-state index is 13.9. The molecule has 1 heterocycles. The summed E-state index contributed by atoms with van der Waals surface area (Å²) in [6, 6.07) is 8.88. The van der Waals surface area contributed by atoms with Crippen molar-refractivity contribution in [2.24, 2.45) is 4.99 Å². The van der Waals surface area contributed by atoms with Crippen LogP contribution in [0.4, 0.5) is 4.39 Å². The molecule has 0 radical (unpaired) electrons. The second-order valence-electron chi connectivity index (χ2n) is 5.94. The molecule has 0 fully saturated rings. The molecule has 0 bridgehead atoms. The van der Waals surface area contributed by atoms with Crippen LogP contribution in [0.5, 0.6) is 11.5 Å². The molecule has 9 heteroatoms. The summed E-state index contributed by atoms with van der Waals surface area (Å²) in [5.74, 6) is -1.58. The molecule has 0 amide bonds. The quantitative estimate of drug-likeness (QED) is 0.488. The van der Waals surface area contributed by atoms with E-state index in [0.717, 1.165) is 0 Å². The first-order valence-corrected chi connectivity index (χ1v) is 9.24. The van der Waals surface area contributed by atoms with Gasteiger partial charge in [-0.25, -0.2) is 19.0 Å². The third-order valence-corrected chi connectivity index (χ3v) is 4.20. The lowest BCUT2D eigenvalue weighted by Crippen LogP contribution is -2.15. The number of halogens is 2. The molecule has 0 aromatic heterocycles. The number of hydrogen-bond acceptors (Lipinski definition) is 7. The molecule has 0 saturated carbocycles. The molecule has 30 heavy (non-hydrogen) atoms. The Kier molecular flexibility index (Phi) is 6.68. The number of hydrogen-bond donors (Lipinski definition) is 0. The van der Waals surface area contributed by atoms with Gasteiger partial charge in [0.15, 0.2) is 23.8 Å². The number of rotatable bonds is 7. The van der Waals surface area contributed by atoms with Crippen LogP contribution in [0.25, 0.3) is 6.08 Å². The normalized spacial score (nSPS) is 14.3. The zero-order valence-electron chi connectivity index (χ0n) is 16.1. The summed E-state index contributed by atoms with van der Waals surface area (Å²) < 4.78 is 34.5. The third-order valence-electron chi connectivity index (χ3n) is 3.92. The third kappa shape index (κ3) is 4.77. The minimum atomic E-state index is -0.731. The highest BCUT2D eigenvalue weighted by Crippen LogP contribution is 2.37. The van der Waals surface area contributed by atoms with Gasteiger partial charge in [0.05, 0.1) is 24.3 Å². The van der Waals surface area contributed by atoms with Crippen molar-refractivity contribution in [2.45, 2.75) is 6.92 Å². The second kappa shape index (κ2) is 9.41. The highest BCUT2D eigenvalue weighted by atomic mass is 35.5. The largest absolute Gasteiger partial charge is 0.493 e. The molecule has 2 aromatic carbocycles. The summed E-state index contributed by atoms with van der Waals surface area (Å²) in [6.45, 7) is 1.57. The summed E-state index contributed by atoms with van der Waals surface area (Å²) in [5.41, 5.74) is 0.505. The minimum Gasteiger partial charge on any atom is -0.493 e. The number of carbonyl (C=O) groups excluding carboxylic acids is 2. The van der Waals surface area contributed by atoms with Crippen LogP contribution in [0.15, 0.2) is 47.1 Å². The van der Waals surface area contributed by atoms with Crippen LogP contribution in [0.2, 0.25) is 5.02 Å². The standard InChI is InChI=1S/C21H17ClFNO6/c1-3-28-18(25)11-29-19-14(22)8-12(10-17(19)27-2)9-16-21(26)30-20(24-16)13-6-4-5-7-15(13)23/h4-10H,3,11H2,1-2H3/b16-9+. The molecule has 1 aliphatic rings. The molecule has 156 valence electrons. The highest BCUT2D eigenvalue weighted by Gasteiger charge is 2.26. The molecule has 0 spiro atoms. The van der Waals surface area contributed by atoms with Gasteiger partial charge in [0.25, 0.3) is 0 Å². The highest BCUT2D eigenvalue weighted by molar-refractivity contribution is 6.32. The van der Waals surface area contributed by atoms with Crippen LogP contribution in [0.1, 0.15) is 18.1 Å². The minimum absolute atomic E-state index is 0.0356. The fourth-order valence-electron chi connectivity index (χ4n) is 2.61. The van der Waals surface area contributed by atoms with Crippen molar-refractivity contribution in [3.05, 3.63) is 64.1 Å². The summed E-state index contributed by atoms with van der Waals surface area (Å²) in [4.78, 5) is 27.7. The van der Waals surface area contributed by atoms with Crippen molar-refractivity contribution in [1.29, 1.82) is 0 Å². The fraction of sp³-hybridized carbons (Fsp3) is 0.190. The number of cyclic esters (lactones) is 1. The van der Waals surface area contributed by atoms with Crippen molar-refractivity contribution in [2.75, 3.05) is 20.3 Å².